The molecule has 2 aliphatic rings. The van der Waals surface area contributed by atoms with Crippen LogP contribution >= 0.6 is 11.8 Å². The second-order valence-corrected chi connectivity index (χ2v) is 5.75. The molecule has 15 heavy (non-hydrogen) atoms. The van der Waals surface area contributed by atoms with Crippen molar-refractivity contribution >= 4 is 11.8 Å². The zero-order valence-electron chi connectivity index (χ0n) is 9.12. The summed E-state index contributed by atoms with van der Waals surface area (Å²) in [5.74, 6) is 3.42. The number of fused-ring (bicyclic) bond motifs is 3. The maximum Gasteiger partial charge on any atom is 0.0482 e. The van der Waals surface area contributed by atoms with E-state index in [1.54, 1.807) is 11.1 Å². The van der Waals surface area contributed by atoms with E-state index in [0.717, 1.165) is 5.92 Å². The molecule has 1 aliphatic carbocycles. The van der Waals surface area contributed by atoms with Gasteiger partial charge < -0.3 is 5.32 Å². The van der Waals surface area contributed by atoms with Gasteiger partial charge in [-0.3, -0.25) is 0 Å². The first-order valence-electron chi connectivity index (χ1n) is 5.72. The van der Waals surface area contributed by atoms with Crippen molar-refractivity contribution < 1.29 is 0 Å². The molecule has 0 radical (unpaired) electrons. The average Bonchev–Trinajstić information content (AvgIpc) is 2.64. The Morgan fingerprint density at radius 1 is 1.40 bits per heavy atom. The standard InChI is InChI=1S/C13H17NS/c1-14-13-6-7-15-9-11(13)8-10-4-2-3-5-12(10)13/h2-5,11,14H,6-9H2,1H3/t11-,13-/m0/s1. The first kappa shape index (κ1) is 9.73. The molecule has 0 aromatic heterocycles. The summed E-state index contributed by atoms with van der Waals surface area (Å²) in [6, 6.07) is 8.98. The van der Waals surface area contributed by atoms with E-state index in [1.807, 2.05) is 0 Å². The molecule has 1 aromatic rings. The minimum Gasteiger partial charge on any atom is -0.310 e. The van der Waals surface area contributed by atoms with E-state index in [4.69, 9.17) is 0 Å². The number of thioether (sulfide) groups is 1. The lowest BCUT2D eigenvalue weighted by atomic mass is 9.82. The molecule has 2 atom stereocenters. The number of hydrogen-bond donors (Lipinski definition) is 1. The van der Waals surface area contributed by atoms with Crippen LogP contribution in [0.2, 0.25) is 0 Å². The summed E-state index contributed by atoms with van der Waals surface area (Å²) in [6.45, 7) is 0. The second-order valence-electron chi connectivity index (χ2n) is 4.60. The van der Waals surface area contributed by atoms with E-state index in [9.17, 15) is 0 Å². The average molecular weight is 219 g/mol. The number of rotatable bonds is 1. The Morgan fingerprint density at radius 2 is 2.27 bits per heavy atom. The molecule has 1 nitrogen and oxygen atoms in total. The van der Waals surface area contributed by atoms with Gasteiger partial charge in [-0.25, -0.2) is 0 Å². The zero-order valence-corrected chi connectivity index (χ0v) is 9.94. The van der Waals surface area contributed by atoms with Gasteiger partial charge in [0.25, 0.3) is 0 Å². The smallest absolute Gasteiger partial charge is 0.0482 e. The summed E-state index contributed by atoms with van der Waals surface area (Å²) in [4.78, 5) is 0. The Bertz CT molecular complexity index is 377. The molecule has 2 heteroatoms. The van der Waals surface area contributed by atoms with Gasteiger partial charge in [-0.2, -0.15) is 11.8 Å². The molecule has 1 saturated heterocycles. The minimum absolute atomic E-state index is 0.293. The van der Waals surface area contributed by atoms with Gasteiger partial charge in [0, 0.05) is 5.54 Å². The van der Waals surface area contributed by atoms with Crippen LogP contribution in [0, 0.1) is 5.92 Å². The molecule has 80 valence electrons. The molecule has 1 fully saturated rings. The van der Waals surface area contributed by atoms with Gasteiger partial charge in [-0.1, -0.05) is 24.3 Å². The van der Waals surface area contributed by atoms with Crippen molar-refractivity contribution in [3.05, 3.63) is 35.4 Å². The van der Waals surface area contributed by atoms with Crippen molar-refractivity contribution in [1.29, 1.82) is 0 Å². The van der Waals surface area contributed by atoms with Crippen molar-refractivity contribution in [2.45, 2.75) is 18.4 Å². The van der Waals surface area contributed by atoms with Crippen molar-refractivity contribution in [2.24, 2.45) is 5.92 Å². The SMILES string of the molecule is CN[C@@]12CCSC[C@@H]1Cc1ccccc12. The first-order valence-corrected chi connectivity index (χ1v) is 6.87. The Morgan fingerprint density at radius 3 is 3.13 bits per heavy atom. The molecule has 1 aliphatic heterocycles. The summed E-state index contributed by atoms with van der Waals surface area (Å²) in [6.07, 6.45) is 2.56. The third-order valence-corrected chi connectivity index (χ3v) is 5.20. The van der Waals surface area contributed by atoms with Crippen LogP contribution < -0.4 is 5.32 Å². The highest BCUT2D eigenvalue weighted by Crippen LogP contribution is 2.48. The van der Waals surface area contributed by atoms with Gasteiger partial charge in [-0.05, 0) is 48.4 Å². The summed E-state index contributed by atoms with van der Waals surface area (Å²) in [5.41, 5.74) is 3.43. The quantitative estimate of drug-likeness (QED) is 0.778. The molecule has 1 N–H and O–H groups in total. The molecule has 0 amide bonds. The van der Waals surface area contributed by atoms with E-state index >= 15 is 0 Å². The van der Waals surface area contributed by atoms with Crippen LogP contribution in [-0.4, -0.2) is 18.6 Å². The van der Waals surface area contributed by atoms with Gasteiger partial charge in [-0.15, -0.1) is 0 Å². The number of benzene rings is 1. The van der Waals surface area contributed by atoms with Crippen molar-refractivity contribution in [3.63, 3.8) is 0 Å². The zero-order chi connectivity index (χ0) is 10.3. The highest BCUT2D eigenvalue weighted by Gasteiger charge is 2.46. The molecule has 1 heterocycles. The lowest BCUT2D eigenvalue weighted by Crippen LogP contribution is -2.47. The monoisotopic (exact) mass is 219 g/mol. The van der Waals surface area contributed by atoms with Crippen LogP contribution in [0.1, 0.15) is 17.5 Å². The molecular formula is C13H17NS. The third-order valence-electron chi connectivity index (χ3n) is 4.07. The first-order chi connectivity index (χ1) is 7.37. The Hall–Kier alpha value is -0.470. The molecule has 0 saturated carbocycles. The van der Waals surface area contributed by atoms with Crippen molar-refractivity contribution in [3.8, 4) is 0 Å². The van der Waals surface area contributed by atoms with E-state index in [0.29, 0.717) is 5.54 Å². The fourth-order valence-corrected chi connectivity index (χ4v) is 4.58. The Kier molecular flexibility index (Phi) is 2.29. The topological polar surface area (TPSA) is 12.0 Å². The van der Waals surface area contributed by atoms with E-state index in [-0.39, 0.29) is 0 Å². The van der Waals surface area contributed by atoms with Crippen LogP contribution in [0.15, 0.2) is 24.3 Å². The molecule has 3 rings (SSSR count). The Balaban J connectivity index is 2.11. The fourth-order valence-electron chi connectivity index (χ4n) is 3.26. The maximum absolute atomic E-state index is 3.62. The number of nitrogens with one attached hydrogen (secondary N) is 1. The van der Waals surface area contributed by atoms with Crippen LogP contribution in [-0.2, 0) is 12.0 Å². The Labute approximate surface area is 95.6 Å². The van der Waals surface area contributed by atoms with Crippen LogP contribution in [0.4, 0.5) is 0 Å². The lowest BCUT2D eigenvalue weighted by Gasteiger charge is -2.40. The molecular weight excluding hydrogens is 202 g/mol. The highest BCUT2D eigenvalue weighted by atomic mass is 32.2. The third kappa shape index (κ3) is 1.28. The predicted octanol–water partition coefficient (Wildman–Crippen LogP) is 2.41. The maximum atomic E-state index is 3.62. The van der Waals surface area contributed by atoms with E-state index < -0.39 is 0 Å². The van der Waals surface area contributed by atoms with Gasteiger partial charge in [0.05, 0.1) is 0 Å². The summed E-state index contributed by atoms with van der Waals surface area (Å²) >= 11 is 2.12. The largest absolute Gasteiger partial charge is 0.310 e. The molecule has 1 aromatic carbocycles. The van der Waals surface area contributed by atoms with Crippen molar-refractivity contribution in [1.82, 2.24) is 5.32 Å². The number of hydrogen-bond acceptors (Lipinski definition) is 2. The van der Waals surface area contributed by atoms with Crippen LogP contribution in [0.3, 0.4) is 0 Å². The van der Waals surface area contributed by atoms with Gasteiger partial charge in [0.2, 0.25) is 0 Å². The minimum atomic E-state index is 0.293. The summed E-state index contributed by atoms with van der Waals surface area (Å²) in [5, 5.41) is 3.62. The molecule has 0 unspecified atom stereocenters. The highest BCUT2D eigenvalue weighted by molar-refractivity contribution is 7.99. The summed E-state index contributed by atoms with van der Waals surface area (Å²) < 4.78 is 0. The van der Waals surface area contributed by atoms with Crippen molar-refractivity contribution in [2.75, 3.05) is 18.6 Å². The molecule has 0 bridgehead atoms. The molecule has 0 spiro atoms. The van der Waals surface area contributed by atoms with E-state index in [1.165, 1.54) is 24.3 Å². The second kappa shape index (κ2) is 3.53. The predicted molar refractivity (Wildman–Crippen MR) is 66.3 cm³/mol. The summed E-state index contributed by atoms with van der Waals surface area (Å²) in [7, 11) is 2.13. The van der Waals surface area contributed by atoms with Gasteiger partial charge >= 0.3 is 0 Å². The van der Waals surface area contributed by atoms with E-state index in [2.05, 4.69) is 48.4 Å². The van der Waals surface area contributed by atoms with Gasteiger partial charge in [0.15, 0.2) is 0 Å². The van der Waals surface area contributed by atoms with Crippen LogP contribution in [0.25, 0.3) is 0 Å². The fraction of sp³-hybridized carbons (Fsp3) is 0.538. The normalized spacial score (nSPS) is 33.5. The lowest BCUT2D eigenvalue weighted by molar-refractivity contribution is 0.254. The van der Waals surface area contributed by atoms with Gasteiger partial charge in [0.1, 0.15) is 0 Å². The van der Waals surface area contributed by atoms with Crippen LogP contribution in [0.5, 0.6) is 0 Å².